The molecule has 5 nitrogen and oxygen atoms in total. The van der Waals surface area contributed by atoms with Crippen LogP contribution in [-0.4, -0.2) is 27.5 Å². The summed E-state index contributed by atoms with van der Waals surface area (Å²) in [5.41, 5.74) is 5.73. The zero-order chi connectivity index (χ0) is 12.3. The fraction of sp³-hybridized carbons (Fsp3) is 0.667. The van der Waals surface area contributed by atoms with E-state index < -0.39 is 0 Å². The van der Waals surface area contributed by atoms with E-state index in [2.05, 4.69) is 14.9 Å². The van der Waals surface area contributed by atoms with Crippen molar-refractivity contribution in [3.8, 4) is 0 Å². The van der Waals surface area contributed by atoms with Crippen LogP contribution in [-0.2, 0) is 4.79 Å². The lowest BCUT2D eigenvalue weighted by Gasteiger charge is -2.23. The van der Waals surface area contributed by atoms with Gasteiger partial charge < -0.3 is 15.6 Å². The quantitative estimate of drug-likeness (QED) is 0.813. The third-order valence-corrected chi connectivity index (χ3v) is 3.49. The zero-order valence-corrected chi connectivity index (χ0v) is 10.2. The summed E-state index contributed by atoms with van der Waals surface area (Å²) in [4.78, 5) is 15.8. The molecule has 17 heavy (non-hydrogen) atoms. The van der Waals surface area contributed by atoms with Gasteiger partial charge in [0, 0.05) is 18.4 Å². The van der Waals surface area contributed by atoms with Gasteiger partial charge in [-0.1, -0.05) is 6.92 Å². The first kappa shape index (κ1) is 12.1. The highest BCUT2D eigenvalue weighted by atomic mass is 16.2. The van der Waals surface area contributed by atoms with E-state index in [0.717, 1.165) is 19.3 Å². The van der Waals surface area contributed by atoms with Crippen molar-refractivity contribution in [2.24, 2.45) is 5.73 Å². The number of nitrogens with one attached hydrogen (secondary N) is 1. The summed E-state index contributed by atoms with van der Waals surface area (Å²) in [6.45, 7) is 1.92. The second-order valence-corrected chi connectivity index (χ2v) is 4.64. The first-order valence-electron chi connectivity index (χ1n) is 6.25. The highest BCUT2D eigenvalue weighted by molar-refractivity contribution is 5.81. The fourth-order valence-electron chi connectivity index (χ4n) is 2.41. The van der Waals surface area contributed by atoms with Crippen LogP contribution in [0.2, 0.25) is 0 Å². The SMILES string of the molecule is CC[C@@H](N)C(=O)NC1CCCC1n1ccnc1. The lowest BCUT2D eigenvalue weighted by Crippen LogP contribution is -2.46. The van der Waals surface area contributed by atoms with Crippen LogP contribution < -0.4 is 11.1 Å². The van der Waals surface area contributed by atoms with Crippen molar-refractivity contribution < 1.29 is 4.79 Å². The Morgan fingerprint density at radius 1 is 1.65 bits per heavy atom. The number of rotatable bonds is 4. The Labute approximate surface area is 101 Å². The van der Waals surface area contributed by atoms with Gasteiger partial charge in [0.05, 0.1) is 18.4 Å². The Kier molecular flexibility index (Phi) is 3.78. The van der Waals surface area contributed by atoms with Crippen LogP contribution in [0.4, 0.5) is 0 Å². The Balaban J connectivity index is 1.98. The molecule has 3 N–H and O–H groups in total. The molecule has 1 aliphatic carbocycles. The number of nitrogens with zero attached hydrogens (tertiary/aromatic N) is 2. The van der Waals surface area contributed by atoms with E-state index in [0.29, 0.717) is 12.5 Å². The van der Waals surface area contributed by atoms with Crippen LogP contribution in [0.15, 0.2) is 18.7 Å². The minimum absolute atomic E-state index is 0.0375. The molecule has 0 bridgehead atoms. The van der Waals surface area contributed by atoms with Crippen LogP contribution in [0.3, 0.4) is 0 Å². The number of aromatic nitrogens is 2. The molecule has 0 radical (unpaired) electrons. The molecule has 3 atom stereocenters. The van der Waals surface area contributed by atoms with E-state index in [1.807, 2.05) is 19.4 Å². The maximum atomic E-state index is 11.8. The van der Waals surface area contributed by atoms with E-state index in [1.165, 1.54) is 0 Å². The van der Waals surface area contributed by atoms with Gasteiger partial charge in [0.2, 0.25) is 5.91 Å². The molecule has 1 amide bonds. The Morgan fingerprint density at radius 2 is 2.47 bits per heavy atom. The molecule has 1 heterocycles. The smallest absolute Gasteiger partial charge is 0.237 e. The Bertz CT molecular complexity index is 363. The Hall–Kier alpha value is -1.36. The summed E-state index contributed by atoms with van der Waals surface area (Å²) in [7, 11) is 0. The molecule has 1 aliphatic rings. The molecule has 94 valence electrons. The maximum Gasteiger partial charge on any atom is 0.237 e. The van der Waals surface area contributed by atoms with Gasteiger partial charge in [-0.05, 0) is 25.7 Å². The number of carbonyl (C=O) groups excluding carboxylic acids is 1. The minimum Gasteiger partial charge on any atom is -0.350 e. The third kappa shape index (κ3) is 2.66. The lowest BCUT2D eigenvalue weighted by molar-refractivity contribution is -0.123. The average Bonchev–Trinajstić information content (AvgIpc) is 2.97. The largest absolute Gasteiger partial charge is 0.350 e. The summed E-state index contributed by atoms with van der Waals surface area (Å²) < 4.78 is 2.08. The highest BCUT2D eigenvalue weighted by Gasteiger charge is 2.30. The van der Waals surface area contributed by atoms with E-state index >= 15 is 0 Å². The molecular weight excluding hydrogens is 216 g/mol. The van der Waals surface area contributed by atoms with Crippen molar-refractivity contribution in [3.05, 3.63) is 18.7 Å². The number of hydrogen-bond acceptors (Lipinski definition) is 3. The third-order valence-electron chi connectivity index (χ3n) is 3.49. The monoisotopic (exact) mass is 236 g/mol. The van der Waals surface area contributed by atoms with Crippen molar-refractivity contribution in [3.63, 3.8) is 0 Å². The first-order chi connectivity index (χ1) is 8.22. The van der Waals surface area contributed by atoms with Gasteiger partial charge in [0.15, 0.2) is 0 Å². The number of nitrogens with two attached hydrogens (primary N) is 1. The number of amides is 1. The second kappa shape index (κ2) is 5.31. The summed E-state index contributed by atoms with van der Waals surface area (Å²) >= 11 is 0. The van der Waals surface area contributed by atoms with Gasteiger partial charge in [-0.3, -0.25) is 4.79 Å². The van der Waals surface area contributed by atoms with Gasteiger partial charge in [0.25, 0.3) is 0 Å². The topological polar surface area (TPSA) is 72.9 Å². The van der Waals surface area contributed by atoms with E-state index in [9.17, 15) is 4.79 Å². The van der Waals surface area contributed by atoms with Crippen LogP contribution in [0, 0.1) is 0 Å². The first-order valence-corrected chi connectivity index (χ1v) is 6.25. The normalized spacial score (nSPS) is 25.8. The molecule has 1 aromatic rings. The minimum atomic E-state index is -0.390. The van der Waals surface area contributed by atoms with Crippen molar-refractivity contribution in [1.29, 1.82) is 0 Å². The van der Waals surface area contributed by atoms with Gasteiger partial charge in [-0.2, -0.15) is 0 Å². The van der Waals surface area contributed by atoms with Crippen molar-refractivity contribution >= 4 is 5.91 Å². The molecule has 1 aromatic heterocycles. The van der Waals surface area contributed by atoms with E-state index in [4.69, 9.17) is 5.73 Å². The number of carbonyl (C=O) groups is 1. The fourth-order valence-corrected chi connectivity index (χ4v) is 2.41. The van der Waals surface area contributed by atoms with Crippen molar-refractivity contribution in [2.45, 2.75) is 50.7 Å². The van der Waals surface area contributed by atoms with E-state index in [-0.39, 0.29) is 18.0 Å². The molecule has 2 unspecified atom stereocenters. The molecule has 0 aliphatic heterocycles. The van der Waals surface area contributed by atoms with Crippen LogP contribution in [0.25, 0.3) is 0 Å². The standard InChI is InChI=1S/C12H20N4O/c1-2-9(13)12(17)15-10-4-3-5-11(10)16-7-6-14-8-16/h6-11H,2-5,13H2,1H3,(H,15,17)/t9-,10?,11?/m1/s1. The van der Waals surface area contributed by atoms with Gasteiger partial charge in [-0.25, -0.2) is 4.98 Å². The predicted molar refractivity (Wildman–Crippen MR) is 65.3 cm³/mol. The summed E-state index contributed by atoms with van der Waals surface area (Å²) in [6, 6.07) is 0.124. The number of hydrogen-bond donors (Lipinski definition) is 2. The summed E-state index contributed by atoms with van der Waals surface area (Å²) in [5, 5.41) is 3.06. The van der Waals surface area contributed by atoms with Gasteiger partial charge in [-0.15, -0.1) is 0 Å². The molecule has 1 saturated carbocycles. The van der Waals surface area contributed by atoms with E-state index in [1.54, 1.807) is 6.20 Å². The van der Waals surface area contributed by atoms with Crippen LogP contribution in [0.1, 0.15) is 38.6 Å². The van der Waals surface area contributed by atoms with Gasteiger partial charge >= 0.3 is 0 Å². The van der Waals surface area contributed by atoms with Crippen LogP contribution >= 0.6 is 0 Å². The second-order valence-electron chi connectivity index (χ2n) is 4.64. The molecule has 2 rings (SSSR count). The Morgan fingerprint density at radius 3 is 3.12 bits per heavy atom. The molecule has 1 fully saturated rings. The van der Waals surface area contributed by atoms with Crippen LogP contribution in [0.5, 0.6) is 0 Å². The zero-order valence-electron chi connectivity index (χ0n) is 10.2. The van der Waals surface area contributed by atoms with Gasteiger partial charge in [0.1, 0.15) is 0 Å². The molecular formula is C12H20N4O. The maximum absolute atomic E-state index is 11.8. The molecule has 0 aromatic carbocycles. The molecule has 5 heteroatoms. The average molecular weight is 236 g/mol. The van der Waals surface area contributed by atoms with Crippen molar-refractivity contribution in [1.82, 2.24) is 14.9 Å². The number of imidazole rings is 1. The summed E-state index contributed by atoms with van der Waals surface area (Å²) in [5.74, 6) is -0.0375. The molecule has 0 saturated heterocycles. The van der Waals surface area contributed by atoms with Crippen molar-refractivity contribution in [2.75, 3.05) is 0 Å². The highest BCUT2D eigenvalue weighted by Crippen LogP contribution is 2.29. The summed E-state index contributed by atoms with van der Waals surface area (Å²) in [6.07, 6.45) is 9.45. The molecule has 0 spiro atoms. The lowest BCUT2D eigenvalue weighted by atomic mass is 10.1. The predicted octanol–water partition coefficient (Wildman–Crippen LogP) is 0.830.